The van der Waals surface area contributed by atoms with Crippen LogP contribution in [0.4, 0.5) is 0 Å². The van der Waals surface area contributed by atoms with E-state index >= 15 is 0 Å². The number of nitrogens with one attached hydrogen (secondary N) is 1. The molecule has 0 bridgehead atoms. The lowest BCUT2D eigenvalue weighted by molar-refractivity contribution is 0.0839. The number of rotatable bonds is 3. The van der Waals surface area contributed by atoms with E-state index in [1.807, 2.05) is 31.4 Å². The summed E-state index contributed by atoms with van der Waals surface area (Å²) in [5, 5.41) is 3.36. The van der Waals surface area contributed by atoms with Crippen molar-refractivity contribution >= 4 is 8.32 Å². The maximum absolute atomic E-state index is 6.41. The molecule has 0 saturated heterocycles. The van der Waals surface area contributed by atoms with Crippen molar-refractivity contribution in [3.05, 3.63) is 24.3 Å². The molecule has 0 aromatic carbocycles. The third-order valence-corrected chi connectivity index (χ3v) is 8.28. The highest BCUT2D eigenvalue weighted by Gasteiger charge is 2.45. The van der Waals surface area contributed by atoms with E-state index in [1.54, 1.807) is 0 Å². The fourth-order valence-electron chi connectivity index (χ4n) is 1.65. The SMILES string of the molecule is CNC1C=CC=CC1(N)O[Si](C)(C)C(C)(C)C. The van der Waals surface area contributed by atoms with Crippen LogP contribution in [0.2, 0.25) is 18.1 Å². The van der Waals surface area contributed by atoms with Crippen LogP contribution >= 0.6 is 0 Å². The minimum atomic E-state index is -1.87. The second kappa shape index (κ2) is 4.69. The lowest BCUT2D eigenvalue weighted by atomic mass is 10.0. The van der Waals surface area contributed by atoms with Crippen molar-refractivity contribution in [2.24, 2.45) is 5.73 Å². The number of likely N-dealkylation sites (N-methyl/N-ethyl adjacent to an activating group) is 1. The fourth-order valence-corrected chi connectivity index (χ4v) is 3.03. The van der Waals surface area contributed by atoms with E-state index in [9.17, 15) is 0 Å². The van der Waals surface area contributed by atoms with E-state index in [4.69, 9.17) is 10.2 Å². The Morgan fingerprint density at radius 2 is 1.88 bits per heavy atom. The number of nitrogens with two attached hydrogens (primary N) is 1. The van der Waals surface area contributed by atoms with Gasteiger partial charge in [-0.25, -0.2) is 0 Å². The molecule has 1 rings (SSSR count). The molecule has 0 aromatic rings. The number of allylic oxidation sites excluding steroid dienone is 2. The predicted molar refractivity (Wildman–Crippen MR) is 76.3 cm³/mol. The van der Waals surface area contributed by atoms with Crippen LogP contribution in [0.5, 0.6) is 0 Å². The first kappa shape index (κ1) is 14.6. The molecule has 0 aromatic heterocycles. The largest absolute Gasteiger partial charge is 0.395 e. The Morgan fingerprint density at radius 1 is 1.29 bits per heavy atom. The van der Waals surface area contributed by atoms with E-state index in [-0.39, 0.29) is 11.1 Å². The normalized spacial score (nSPS) is 29.7. The second-order valence-corrected chi connectivity index (χ2v) is 11.0. The van der Waals surface area contributed by atoms with Crippen LogP contribution in [0, 0.1) is 0 Å². The molecule has 1 aliphatic carbocycles. The molecule has 4 heteroatoms. The molecule has 2 atom stereocenters. The van der Waals surface area contributed by atoms with Crippen molar-refractivity contribution in [3.8, 4) is 0 Å². The van der Waals surface area contributed by atoms with Crippen molar-refractivity contribution < 1.29 is 4.43 Å². The molecule has 3 N–H and O–H groups in total. The first-order valence-electron chi connectivity index (χ1n) is 6.15. The highest BCUT2D eigenvalue weighted by Crippen LogP contribution is 2.39. The first-order chi connectivity index (χ1) is 7.62. The van der Waals surface area contributed by atoms with E-state index in [2.05, 4.69) is 39.2 Å². The van der Waals surface area contributed by atoms with Gasteiger partial charge in [-0.2, -0.15) is 0 Å². The van der Waals surface area contributed by atoms with Crippen molar-refractivity contribution in [2.75, 3.05) is 7.05 Å². The van der Waals surface area contributed by atoms with Crippen molar-refractivity contribution in [1.82, 2.24) is 5.32 Å². The molecule has 0 aliphatic heterocycles. The van der Waals surface area contributed by atoms with Crippen LogP contribution in [0.15, 0.2) is 24.3 Å². The Bertz CT molecular complexity index is 331. The second-order valence-electron chi connectivity index (χ2n) is 6.23. The summed E-state index contributed by atoms with van der Waals surface area (Å²) in [4.78, 5) is 0. The zero-order valence-electron chi connectivity index (χ0n) is 11.9. The maximum atomic E-state index is 6.41. The smallest absolute Gasteiger partial charge is 0.195 e. The molecule has 0 heterocycles. The monoisotopic (exact) mass is 254 g/mol. The van der Waals surface area contributed by atoms with Gasteiger partial charge in [-0.3, -0.25) is 5.73 Å². The number of hydrogen-bond acceptors (Lipinski definition) is 3. The van der Waals surface area contributed by atoms with Crippen LogP contribution < -0.4 is 11.1 Å². The fraction of sp³-hybridized carbons (Fsp3) is 0.692. The summed E-state index contributed by atoms with van der Waals surface area (Å²) in [7, 11) is 0.0347. The first-order valence-corrected chi connectivity index (χ1v) is 9.05. The van der Waals surface area contributed by atoms with Gasteiger partial charge in [0.05, 0.1) is 6.04 Å². The van der Waals surface area contributed by atoms with E-state index in [0.29, 0.717) is 0 Å². The standard InChI is InChI=1S/C13H26N2OSi/c1-12(2,3)17(5,6)16-13(14)10-8-7-9-11(13)15-4/h7-11,15H,14H2,1-6H3. The summed E-state index contributed by atoms with van der Waals surface area (Å²) in [6.45, 7) is 11.1. The molecule has 98 valence electrons. The molecule has 0 saturated carbocycles. The van der Waals surface area contributed by atoms with E-state index in [0.717, 1.165) is 0 Å². The van der Waals surface area contributed by atoms with Gasteiger partial charge in [0.25, 0.3) is 0 Å². The molecular weight excluding hydrogens is 228 g/mol. The summed E-state index contributed by atoms with van der Waals surface area (Å²) < 4.78 is 6.35. The van der Waals surface area contributed by atoms with E-state index in [1.165, 1.54) is 0 Å². The average Bonchev–Trinajstić information content (AvgIpc) is 2.15. The van der Waals surface area contributed by atoms with Crippen molar-refractivity contribution in [2.45, 2.75) is 50.7 Å². The minimum Gasteiger partial charge on any atom is -0.395 e. The van der Waals surface area contributed by atoms with Gasteiger partial charge >= 0.3 is 0 Å². The van der Waals surface area contributed by atoms with Crippen LogP contribution in [0.1, 0.15) is 20.8 Å². The maximum Gasteiger partial charge on any atom is 0.195 e. The third kappa shape index (κ3) is 3.07. The molecule has 2 unspecified atom stereocenters. The van der Waals surface area contributed by atoms with Crippen molar-refractivity contribution in [1.29, 1.82) is 0 Å². The third-order valence-electron chi connectivity index (χ3n) is 3.81. The highest BCUT2D eigenvalue weighted by molar-refractivity contribution is 6.74. The molecule has 0 radical (unpaired) electrons. The van der Waals surface area contributed by atoms with Crippen LogP contribution in [-0.2, 0) is 4.43 Å². The Hall–Kier alpha value is -0.423. The zero-order valence-corrected chi connectivity index (χ0v) is 12.9. The molecule has 1 aliphatic rings. The lowest BCUT2D eigenvalue weighted by Crippen LogP contribution is -2.62. The summed E-state index contributed by atoms with van der Waals surface area (Å²) in [5.41, 5.74) is 5.68. The molecular formula is C13H26N2OSi. The van der Waals surface area contributed by atoms with Gasteiger partial charge in [-0.15, -0.1) is 0 Å². The van der Waals surface area contributed by atoms with Gasteiger partial charge in [0, 0.05) is 0 Å². The van der Waals surface area contributed by atoms with Gasteiger partial charge in [0.15, 0.2) is 8.32 Å². The molecule has 0 amide bonds. The summed E-state index contributed by atoms with van der Waals surface area (Å²) in [6, 6.07) is 0.0293. The molecule has 0 spiro atoms. The number of hydrogen-bond donors (Lipinski definition) is 2. The minimum absolute atomic E-state index is 0.0293. The highest BCUT2D eigenvalue weighted by atomic mass is 28.4. The summed E-state index contributed by atoms with van der Waals surface area (Å²) in [5.74, 6) is 0. The van der Waals surface area contributed by atoms with Crippen LogP contribution in [0.25, 0.3) is 0 Å². The zero-order chi connectivity index (χ0) is 13.3. The molecule has 17 heavy (non-hydrogen) atoms. The van der Waals surface area contributed by atoms with Gasteiger partial charge in [-0.1, -0.05) is 39.0 Å². The Kier molecular flexibility index (Phi) is 4.03. The Balaban J connectivity index is 2.93. The Morgan fingerprint density at radius 3 is 2.35 bits per heavy atom. The predicted octanol–water partition coefficient (Wildman–Crippen LogP) is 2.38. The van der Waals surface area contributed by atoms with Gasteiger partial charge in [0.1, 0.15) is 5.72 Å². The van der Waals surface area contributed by atoms with Gasteiger partial charge < -0.3 is 9.74 Å². The van der Waals surface area contributed by atoms with Gasteiger partial charge in [-0.05, 0) is 31.3 Å². The lowest BCUT2D eigenvalue weighted by Gasteiger charge is -2.45. The quantitative estimate of drug-likeness (QED) is 0.600. The Labute approximate surface area is 106 Å². The average molecular weight is 254 g/mol. The summed E-state index contributed by atoms with van der Waals surface area (Å²) in [6.07, 6.45) is 7.96. The van der Waals surface area contributed by atoms with Crippen molar-refractivity contribution in [3.63, 3.8) is 0 Å². The topological polar surface area (TPSA) is 47.3 Å². The summed E-state index contributed by atoms with van der Waals surface area (Å²) >= 11 is 0. The molecule has 3 nitrogen and oxygen atoms in total. The van der Waals surface area contributed by atoms with Crippen LogP contribution in [0.3, 0.4) is 0 Å². The van der Waals surface area contributed by atoms with Gasteiger partial charge in [0.2, 0.25) is 0 Å². The molecule has 0 fully saturated rings. The van der Waals surface area contributed by atoms with E-state index < -0.39 is 14.0 Å². The van der Waals surface area contributed by atoms with Crippen LogP contribution in [-0.4, -0.2) is 27.1 Å².